The second-order valence-electron chi connectivity index (χ2n) is 3.88. The molecule has 0 aliphatic carbocycles. The summed E-state index contributed by atoms with van der Waals surface area (Å²) in [6.45, 7) is 2.99. The smallest absolute Gasteiger partial charge is 0.128 e. The molecule has 0 N–H and O–H groups in total. The molecule has 0 saturated carbocycles. The summed E-state index contributed by atoms with van der Waals surface area (Å²) in [5.41, 5.74) is 0.996. The number of nitrogens with zero attached hydrogens (tertiary/aromatic N) is 1. The summed E-state index contributed by atoms with van der Waals surface area (Å²) in [7, 11) is 0. The Hall–Kier alpha value is -1.57. The molecule has 0 fully saturated rings. The average molecular weight is 215 g/mol. The molecule has 1 heterocycles. The van der Waals surface area contributed by atoms with Gasteiger partial charge in [-0.15, -0.1) is 0 Å². The first kappa shape index (κ1) is 10.9. The highest BCUT2D eigenvalue weighted by molar-refractivity contribution is 5.84. The van der Waals surface area contributed by atoms with Crippen molar-refractivity contribution in [1.82, 2.24) is 4.98 Å². The third-order valence-corrected chi connectivity index (χ3v) is 2.61. The molecule has 0 aliphatic rings. The molecule has 2 aromatic rings. The Morgan fingerprint density at radius 2 is 2.06 bits per heavy atom. The lowest BCUT2D eigenvalue weighted by Crippen LogP contribution is -1.97. The zero-order valence-corrected chi connectivity index (χ0v) is 9.65. The molecule has 0 spiro atoms. The third-order valence-electron chi connectivity index (χ3n) is 2.61. The van der Waals surface area contributed by atoms with Crippen LogP contribution in [0.25, 0.3) is 10.9 Å². The molecule has 1 aromatic heterocycles. The summed E-state index contributed by atoms with van der Waals surface area (Å²) < 4.78 is 5.78. The fourth-order valence-corrected chi connectivity index (χ4v) is 1.74. The Kier molecular flexibility index (Phi) is 3.76. The van der Waals surface area contributed by atoms with Gasteiger partial charge in [0.05, 0.1) is 12.1 Å². The summed E-state index contributed by atoms with van der Waals surface area (Å²) in [5.74, 6) is 0.946. The number of hydrogen-bond donors (Lipinski definition) is 0. The first-order valence-electron chi connectivity index (χ1n) is 5.88. The van der Waals surface area contributed by atoms with Gasteiger partial charge < -0.3 is 4.74 Å². The number of aromatic nitrogens is 1. The summed E-state index contributed by atoms with van der Waals surface area (Å²) in [5, 5.41) is 1.10. The molecular weight excluding hydrogens is 198 g/mol. The van der Waals surface area contributed by atoms with Gasteiger partial charge in [0.25, 0.3) is 0 Å². The van der Waals surface area contributed by atoms with Crippen LogP contribution in [-0.2, 0) is 0 Å². The lowest BCUT2D eigenvalue weighted by atomic mass is 10.2. The normalized spacial score (nSPS) is 10.6. The van der Waals surface area contributed by atoms with Gasteiger partial charge in [0.1, 0.15) is 5.75 Å². The van der Waals surface area contributed by atoms with Crippen LogP contribution in [0.2, 0.25) is 0 Å². The van der Waals surface area contributed by atoms with Crippen molar-refractivity contribution in [3.8, 4) is 5.75 Å². The summed E-state index contributed by atoms with van der Waals surface area (Å²) in [6.07, 6.45) is 5.37. The number of benzene rings is 1. The second kappa shape index (κ2) is 5.50. The molecule has 0 radical (unpaired) electrons. The molecule has 2 rings (SSSR count). The third kappa shape index (κ3) is 2.51. The molecule has 1 aromatic carbocycles. The quantitative estimate of drug-likeness (QED) is 0.708. The zero-order chi connectivity index (χ0) is 11.2. The van der Waals surface area contributed by atoms with Gasteiger partial charge in [0, 0.05) is 11.6 Å². The van der Waals surface area contributed by atoms with Gasteiger partial charge in [-0.05, 0) is 30.7 Å². The van der Waals surface area contributed by atoms with E-state index < -0.39 is 0 Å². The van der Waals surface area contributed by atoms with Crippen molar-refractivity contribution >= 4 is 10.9 Å². The first-order chi connectivity index (χ1) is 7.92. The molecule has 0 aliphatic heterocycles. The van der Waals surface area contributed by atoms with Gasteiger partial charge in [-0.25, -0.2) is 0 Å². The second-order valence-corrected chi connectivity index (χ2v) is 3.88. The minimum Gasteiger partial charge on any atom is -0.493 e. The van der Waals surface area contributed by atoms with E-state index in [0.29, 0.717) is 0 Å². The van der Waals surface area contributed by atoms with E-state index in [4.69, 9.17) is 4.74 Å². The molecule has 0 bridgehead atoms. The van der Waals surface area contributed by atoms with E-state index in [0.717, 1.165) is 29.7 Å². The van der Waals surface area contributed by atoms with Gasteiger partial charge in [0.2, 0.25) is 0 Å². The van der Waals surface area contributed by atoms with Crippen LogP contribution in [-0.4, -0.2) is 11.6 Å². The highest BCUT2D eigenvalue weighted by Gasteiger charge is 2.01. The average Bonchev–Trinajstić information content (AvgIpc) is 2.35. The van der Waals surface area contributed by atoms with Gasteiger partial charge in [-0.3, -0.25) is 4.98 Å². The van der Waals surface area contributed by atoms with Gasteiger partial charge >= 0.3 is 0 Å². The lowest BCUT2D eigenvalue weighted by molar-refractivity contribution is 0.310. The fourth-order valence-electron chi connectivity index (χ4n) is 1.74. The van der Waals surface area contributed by atoms with Crippen LogP contribution in [0.3, 0.4) is 0 Å². The Balaban J connectivity index is 2.11. The van der Waals surface area contributed by atoms with Crippen molar-refractivity contribution in [2.75, 3.05) is 6.61 Å². The maximum atomic E-state index is 5.78. The molecule has 84 valence electrons. The number of rotatable bonds is 5. The summed E-state index contributed by atoms with van der Waals surface area (Å²) in [4.78, 5) is 4.31. The first-order valence-corrected chi connectivity index (χ1v) is 5.88. The Bertz CT molecular complexity index is 448. The predicted molar refractivity (Wildman–Crippen MR) is 66.8 cm³/mol. The fraction of sp³-hybridized carbons (Fsp3) is 0.357. The predicted octanol–water partition coefficient (Wildman–Crippen LogP) is 3.80. The highest BCUT2D eigenvalue weighted by atomic mass is 16.5. The largest absolute Gasteiger partial charge is 0.493 e. The Morgan fingerprint density at radius 1 is 1.12 bits per heavy atom. The van der Waals surface area contributed by atoms with Gasteiger partial charge in [0.15, 0.2) is 0 Å². The molecular formula is C14H17NO. The van der Waals surface area contributed by atoms with E-state index in [9.17, 15) is 0 Å². The number of pyridine rings is 1. The highest BCUT2D eigenvalue weighted by Crippen LogP contribution is 2.23. The van der Waals surface area contributed by atoms with Crippen molar-refractivity contribution in [3.63, 3.8) is 0 Å². The van der Waals surface area contributed by atoms with Crippen LogP contribution in [0, 0.1) is 0 Å². The van der Waals surface area contributed by atoms with E-state index in [2.05, 4.69) is 18.0 Å². The van der Waals surface area contributed by atoms with Crippen LogP contribution in [0.15, 0.2) is 36.5 Å². The number of fused-ring (bicyclic) bond motifs is 1. The maximum Gasteiger partial charge on any atom is 0.128 e. The van der Waals surface area contributed by atoms with Crippen LogP contribution >= 0.6 is 0 Å². The van der Waals surface area contributed by atoms with E-state index >= 15 is 0 Å². The van der Waals surface area contributed by atoms with Crippen molar-refractivity contribution in [1.29, 1.82) is 0 Å². The topological polar surface area (TPSA) is 22.1 Å². The number of unbranched alkanes of at least 4 members (excludes halogenated alkanes) is 2. The van der Waals surface area contributed by atoms with Gasteiger partial charge in [-0.2, -0.15) is 0 Å². The number of ether oxygens (including phenoxy) is 1. The molecule has 0 amide bonds. The van der Waals surface area contributed by atoms with E-state index in [-0.39, 0.29) is 0 Å². The van der Waals surface area contributed by atoms with Crippen LogP contribution in [0.4, 0.5) is 0 Å². The molecule has 16 heavy (non-hydrogen) atoms. The Morgan fingerprint density at radius 3 is 2.94 bits per heavy atom. The van der Waals surface area contributed by atoms with Crippen molar-refractivity contribution in [2.45, 2.75) is 26.2 Å². The van der Waals surface area contributed by atoms with E-state index in [1.807, 2.05) is 30.5 Å². The molecule has 0 atom stereocenters. The lowest BCUT2D eigenvalue weighted by Gasteiger charge is -2.08. The standard InChI is InChI=1S/C14H17NO/c1-2-3-4-11-16-14-9-5-8-13-12(14)7-6-10-15-13/h5-10H,2-4,11H2,1H3. The van der Waals surface area contributed by atoms with Crippen molar-refractivity contribution in [3.05, 3.63) is 36.5 Å². The molecule has 2 heteroatoms. The van der Waals surface area contributed by atoms with E-state index in [1.54, 1.807) is 0 Å². The Labute approximate surface area is 96.3 Å². The van der Waals surface area contributed by atoms with E-state index in [1.165, 1.54) is 12.8 Å². The maximum absolute atomic E-state index is 5.78. The van der Waals surface area contributed by atoms with Crippen LogP contribution in [0.5, 0.6) is 5.75 Å². The minimum absolute atomic E-state index is 0.793. The van der Waals surface area contributed by atoms with Gasteiger partial charge in [-0.1, -0.05) is 25.8 Å². The SMILES string of the molecule is CCCCCOc1cccc2ncccc12. The molecule has 2 nitrogen and oxygen atoms in total. The summed E-state index contributed by atoms with van der Waals surface area (Å²) in [6, 6.07) is 10.0. The van der Waals surface area contributed by atoms with Crippen LogP contribution < -0.4 is 4.74 Å². The van der Waals surface area contributed by atoms with Crippen LogP contribution in [0.1, 0.15) is 26.2 Å². The summed E-state index contributed by atoms with van der Waals surface area (Å²) >= 11 is 0. The zero-order valence-electron chi connectivity index (χ0n) is 9.65. The molecule has 0 unspecified atom stereocenters. The molecule has 0 saturated heterocycles. The van der Waals surface area contributed by atoms with Crippen molar-refractivity contribution < 1.29 is 4.74 Å². The number of hydrogen-bond acceptors (Lipinski definition) is 2. The van der Waals surface area contributed by atoms with Crippen molar-refractivity contribution in [2.24, 2.45) is 0 Å². The monoisotopic (exact) mass is 215 g/mol. The minimum atomic E-state index is 0.793.